The molecule has 127 heavy (non-hydrogen) atoms. The van der Waals surface area contributed by atoms with Crippen LogP contribution in [0.5, 0.6) is 0 Å². The molecule has 0 spiro atoms. The lowest BCUT2D eigenvalue weighted by Gasteiger charge is -2.29. The number of nitrogens with two attached hydrogens (primary N) is 3. The van der Waals surface area contributed by atoms with Crippen LogP contribution in [-0.4, -0.2) is 295 Å². The van der Waals surface area contributed by atoms with Crippen molar-refractivity contribution in [2.45, 2.75) is 294 Å². The Balaban J connectivity index is 2.00. The second-order valence-electron chi connectivity index (χ2n) is 32.7. The summed E-state index contributed by atoms with van der Waals surface area (Å²) in [5.74, 6) is -16.0. The van der Waals surface area contributed by atoms with Crippen molar-refractivity contribution < 1.29 is 102 Å². The zero-order valence-corrected chi connectivity index (χ0v) is 76.6. The fourth-order valence-electron chi connectivity index (χ4n) is 13.3. The maximum atomic E-state index is 14.9. The Bertz CT molecular complexity index is 3920. The molecule has 0 saturated heterocycles. The molecule has 0 saturated carbocycles. The number of hydrogen-bond donors (Lipinski definition) is 23. The maximum absolute atomic E-state index is 14.9. The maximum Gasteiger partial charge on any atom is 0.245 e. The molecule has 0 fully saturated rings. The zero-order valence-electron chi connectivity index (χ0n) is 75.0. The number of hydrogen-bond acceptors (Lipinski definition) is 27. The molecule has 1 aromatic heterocycles. The van der Waals surface area contributed by atoms with Gasteiger partial charge in [0.2, 0.25) is 100 Å². The van der Waals surface area contributed by atoms with Gasteiger partial charge in [-0.2, -0.15) is 23.5 Å². The van der Waals surface area contributed by atoms with Crippen molar-refractivity contribution in [2.24, 2.45) is 35.0 Å². The van der Waals surface area contributed by atoms with Gasteiger partial charge in [-0.3, -0.25) is 86.2 Å². The molecule has 2 bridgehead atoms. The number of fused-ring (bicyclic) bond motifs is 2. The molecule has 26 N–H and O–H groups in total. The second kappa shape index (κ2) is 58.3. The molecule has 1 aliphatic rings. The smallest absolute Gasteiger partial charge is 0.245 e. The molecule has 43 nitrogen and oxygen atoms in total. The first-order valence-corrected chi connectivity index (χ1v) is 45.9. The van der Waals surface area contributed by atoms with Crippen LogP contribution < -0.4 is 102 Å². The van der Waals surface area contributed by atoms with Gasteiger partial charge in [0, 0.05) is 32.5 Å². The lowest BCUT2D eigenvalue weighted by molar-refractivity contribution is -0.137. The molecule has 3 rings (SSSR count). The van der Waals surface area contributed by atoms with Crippen molar-refractivity contribution in [3.05, 3.63) is 47.8 Å². The Morgan fingerprint density at radius 2 is 1.03 bits per heavy atom. The molecule has 2 heterocycles. The van der Waals surface area contributed by atoms with E-state index in [1.54, 1.807) is 84.4 Å². The van der Waals surface area contributed by atoms with E-state index in [4.69, 9.17) is 17.2 Å². The van der Waals surface area contributed by atoms with Crippen molar-refractivity contribution >= 4 is 124 Å². The summed E-state index contributed by atoms with van der Waals surface area (Å²) in [6.07, 6.45) is 1.55. The van der Waals surface area contributed by atoms with Crippen molar-refractivity contribution in [2.75, 3.05) is 50.3 Å². The summed E-state index contributed by atoms with van der Waals surface area (Å²) in [6.45, 7) is 15.3. The van der Waals surface area contributed by atoms with E-state index in [0.29, 0.717) is 37.0 Å². The monoisotopic (exact) mass is 1830 g/mol. The molecule has 19 atom stereocenters. The number of nitrogens with zero attached hydrogens (tertiary/aromatic N) is 3. The van der Waals surface area contributed by atoms with Gasteiger partial charge in [-0.25, -0.2) is 0 Å². The van der Waals surface area contributed by atoms with Crippen LogP contribution in [0.1, 0.15) is 177 Å². The third-order valence-electron chi connectivity index (χ3n) is 20.7. The number of nitrogens with one attached hydrogen (secondary N) is 16. The number of carbonyl (C=O) groups excluding carboxylic acids is 17. The third-order valence-corrected chi connectivity index (χ3v) is 22.0. The SMILES string of the molecule is CC[C@H](C)[C@H](NC(=O)[C@@H](NC(=O)[C@@H](NC(C)=O)[C@@H](C)O)[C@@H](C)O)C(=O)NCC(=O)N[C@@H](CCSC)C(=O)N[C@@H](CCSC)C(=O)N[C@H](C(=O)N[C@@H](CC(C)C)C(=O)N[C@@H](CCCCN)C(=O)N[C@H]1CCCCn2cc(nn2)C[C@H](C(=O)N[C@@H](CC(C)C)C(=O)N[C@@H](CO)C(N)=O)NC(=O)[C@H](CCCCN)NC(=O)[C@H](Cc2ccccc2)NC(=O)[C@H](C)NC1=O)[C@@H](C)O. The highest BCUT2D eigenvalue weighted by Gasteiger charge is 2.41. The fourth-order valence-corrected chi connectivity index (χ4v) is 14.2. The summed E-state index contributed by atoms with van der Waals surface area (Å²) >= 11 is 2.62. The number of aliphatic hydroxyl groups is 4. The predicted molar refractivity (Wildman–Crippen MR) is 473 cm³/mol. The lowest BCUT2D eigenvalue weighted by atomic mass is 9.97. The number of primary amides is 1. The Kier molecular flexibility index (Phi) is 51.0. The van der Waals surface area contributed by atoms with Crippen LogP contribution in [0, 0.1) is 17.8 Å². The molecule has 1 aromatic carbocycles. The van der Waals surface area contributed by atoms with Gasteiger partial charge in [-0.05, 0) is 172 Å². The Labute approximate surface area is 749 Å². The van der Waals surface area contributed by atoms with Crippen molar-refractivity contribution in [1.29, 1.82) is 0 Å². The van der Waals surface area contributed by atoms with Gasteiger partial charge in [0.25, 0.3) is 0 Å². The standard InChI is InChI=1S/C82H138N22O21S2/c1-14-45(6)64(99-82(125)67(49(10)108)101-81(124)65(47(8)106)88-50(11)109)79(122)86-40-63(110)89-56(29-34-126-12)73(116)93-57(30-35-127-13)74(117)100-66(48(9)107)80(123)97-59(37-44(4)5)75(118)91-54(26-18-21-31-83)71(114)90-53-28-20-23-33-104-41-52(102-103-104)39-61(78(121)95-58(36-43(2)3)76(119)98-62(42-105)68(85)111)96-72(115)55(27-19-22-32-84)92-77(120)60(38-51-24-16-15-17-25-51)94-69(112)46(7)87-70(53)113/h15-17,24-25,41,43-49,53-62,64-67,105-108H,14,18-23,26-40,42,83-84H2,1-13H3,(H2,85,111)(H,86,122)(H,87,113)(H,88,109)(H,89,110)(H,90,114)(H,91,118)(H,92,120)(H,93,116)(H,94,112)(H,95,121)(H,96,115)(H,97,123)(H,98,119)(H,99,125)(H,100,117)(H,101,124)/t45-,46-,47+,48+,49+,53-,54-,55-,56-,57-,58-,59-,60-,61+,62-,64-,65-,66-,67-/m0/s1. The lowest BCUT2D eigenvalue weighted by Crippen LogP contribution is -2.62. The first-order chi connectivity index (χ1) is 60.0. The first-order valence-electron chi connectivity index (χ1n) is 43.1. The van der Waals surface area contributed by atoms with Crippen molar-refractivity contribution in [1.82, 2.24) is 100 Å². The highest BCUT2D eigenvalue weighted by atomic mass is 32.2. The molecule has 0 unspecified atom stereocenters. The van der Waals surface area contributed by atoms with E-state index in [1.807, 2.05) is 0 Å². The number of unbranched alkanes of at least 4 members (excludes halogenated alkanes) is 2. The van der Waals surface area contributed by atoms with Gasteiger partial charge in [0.05, 0.1) is 37.2 Å². The zero-order chi connectivity index (χ0) is 95.3. The van der Waals surface area contributed by atoms with E-state index in [2.05, 4.69) is 95.4 Å². The number of rotatable bonds is 50. The van der Waals surface area contributed by atoms with Crippen LogP contribution >= 0.6 is 23.5 Å². The quantitative estimate of drug-likeness (QED) is 0.0274. The molecule has 1 aliphatic heterocycles. The van der Waals surface area contributed by atoms with Gasteiger partial charge < -0.3 is 123 Å². The van der Waals surface area contributed by atoms with Crippen LogP contribution in [-0.2, 0) is 101 Å². The number of amides is 17. The minimum Gasteiger partial charge on any atom is -0.394 e. The number of thioether (sulfide) groups is 2. The van der Waals surface area contributed by atoms with E-state index in [1.165, 1.54) is 62.1 Å². The summed E-state index contributed by atoms with van der Waals surface area (Å²) in [5.41, 5.74) is 17.9. The highest BCUT2D eigenvalue weighted by Crippen LogP contribution is 2.17. The van der Waals surface area contributed by atoms with Crippen LogP contribution in [0.4, 0.5) is 0 Å². The Hall–Kier alpha value is -10.2. The van der Waals surface area contributed by atoms with E-state index in [-0.39, 0.29) is 120 Å². The fraction of sp³-hybridized carbons (Fsp3) is 0.695. The van der Waals surface area contributed by atoms with Gasteiger partial charge >= 0.3 is 0 Å². The van der Waals surface area contributed by atoms with Crippen LogP contribution in [0.15, 0.2) is 36.5 Å². The van der Waals surface area contributed by atoms with E-state index >= 15 is 0 Å². The summed E-state index contributed by atoms with van der Waals surface area (Å²) in [6, 6.07) is -13.5. The first kappa shape index (κ1) is 111. The largest absolute Gasteiger partial charge is 0.394 e. The van der Waals surface area contributed by atoms with E-state index in [0.717, 1.165) is 6.92 Å². The molecule has 2 aromatic rings. The van der Waals surface area contributed by atoms with Gasteiger partial charge in [-0.1, -0.05) is 83.5 Å². The van der Waals surface area contributed by atoms with E-state index in [9.17, 15) is 102 Å². The molecule has 17 amide bonds. The molecule has 0 radical (unpaired) electrons. The average molecular weight is 1830 g/mol. The molecule has 0 aliphatic carbocycles. The molecule has 45 heteroatoms. The number of aryl methyl sites for hydroxylation is 1. The minimum absolute atomic E-state index is 0.00167. The number of benzene rings is 1. The average Bonchev–Trinajstić information content (AvgIpc) is 1.81. The van der Waals surface area contributed by atoms with E-state index < -0.39 is 228 Å². The highest BCUT2D eigenvalue weighted by molar-refractivity contribution is 7.98. The minimum atomic E-state index is -1.80. The number of aliphatic hydroxyl groups excluding tert-OH is 4. The van der Waals surface area contributed by atoms with Gasteiger partial charge in [0.15, 0.2) is 0 Å². The number of carbonyl (C=O) groups is 17. The second-order valence-corrected chi connectivity index (χ2v) is 34.7. The Morgan fingerprint density at radius 1 is 0.543 bits per heavy atom. The van der Waals surface area contributed by atoms with Gasteiger partial charge in [-0.15, -0.1) is 5.10 Å². The summed E-state index contributed by atoms with van der Waals surface area (Å²) in [4.78, 5) is 238. The summed E-state index contributed by atoms with van der Waals surface area (Å²) in [5, 5.41) is 91.5. The van der Waals surface area contributed by atoms with Gasteiger partial charge in [0.1, 0.15) is 90.6 Å². The molecule has 714 valence electrons. The van der Waals surface area contributed by atoms with Crippen molar-refractivity contribution in [3.63, 3.8) is 0 Å². The predicted octanol–water partition coefficient (Wildman–Crippen LogP) is -5.80. The third kappa shape index (κ3) is 40.4. The van der Waals surface area contributed by atoms with Crippen LogP contribution in [0.2, 0.25) is 0 Å². The number of aromatic nitrogens is 3. The molecular formula is C82H138N22O21S2. The normalized spacial score (nSPS) is 19.4. The molecular weight excluding hydrogens is 1690 g/mol. The summed E-state index contributed by atoms with van der Waals surface area (Å²) in [7, 11) is 0. The summed E-state index contributed by atoms with van der Waals surface area (Å²) < 4.78 is 1.42. The van der Waals surface area contributed by atoms with Crippen LogP contribution in [0.3, 0.4) is 0 Å². The van der Waals surface area contributed by atoms with Crippen molar-refractivity contribution in [3.8, 4) is 0 Å². The topological polar surface area (TPSA) is 672 Å². The van der Waals surface area contributed by atoms with Crippen LogP contribution in [0.25, 0.3) is 0 Å². The Morgan fingerprint density at radius 3 is 1.57 bits per heavy atom.